The Balaban J connectivity index is 2.06. The largest absolute Gasteiger partial charge is 0.347 e. The Morgan fingerprint density at radius 2 is 2.06 bits per heavy atom. The van der Waals surface area contributed by atoms with Crippen molar-refractivity contribution in [1.82, 2.24) is 0 Å². The summed E-state index contributed by atoms with van der Waals surface area (Å²) >= 11 is 0. The second-order valence-corrected chi connectivity index (χ2v) is 7.44. The van der Waals surface area contributed by atoms with Gasteiger partial charge < -0.3 is 9.47 Å². The monoisotopic (exact) mass is 275 g/mol. The van der Waals surface area contributed by atoms with E-state index in [-0.39, 0.29) is 11.7 Å². The van der Waals surface area contributed by atoms with Crippen molar-refractivity contribution in [2.45, 2.75) is 50.1 Å². The fourth-order valence-corrected chi connectivity index (χ4v) is 3.10. The Labute approximate surface area is 110 Å². The summed E-state index contributed by atoms with van der Waals surface area (Å²) in [7, 11) is -1.44. The van der Waals surface area contributed by atoms with Crippen molar-refractivity contribution in [2.75, 3.05) is 13.2 Å². The molecule has 104 valence electrons. The summed E-state index contributed by atoms with van der Waals surface area (Å²) in [5.41, 5.74) is 0. The van der Waals surface area contributed by atoms with Gasteiger partial charge in [0.25, 0.3) is 0 Å². The van der Waals surface area contributed by atoms with Crippen LogP contribution < -0.4 is 5.14 Å². The normalized spacial score (nSPS) is 29.7. The molecule has 1 aliphatic heterocycles. The summed E-state index contributed by atoms with van der Waals surface area (Å²) < 4.78 is 22.2. The quantitative estimate of drug-likeness (QED) is 0.829. The van der Waals surface area contributed by atoms with Gasteiger partial charge in [-0.1, -0.05) is 0 Å². The summed E-state index contributed by atoms with van der Waals surface area (Å²) in [6.45, 7) is 4.84. The molecule has 0 aromatic heterocycles. The highest BCUT2D eigenvalue weighted by Crippen LogP contribution is 2.40. The van der Waals surface area contributed by atoms with Gasteiger partial charge in [0.15, 0.2) is 5.79 Å². The summed E-state index contributed by atoms with van der Waals surface area (Å²) in [6.07, 6.45) is 2.18. The van der Waals surface area contributed by atoms with Crippen molar-refractivity contribution in [3.63, 3.8) is 0 Å². The number of hydrogen-bond donors (Lipinski definition) is 1. The lowest BCUT2D eigenvalue weighted by Crippen LogP contribution is -2.44. The molecule has 2 aliphatic rings. The zero-order valence-corrected chi connectivity index (χ0v) is 11.8. The maximum Gasteiger partial charge on any atom is 0.169 e. The van der Waals surface area contributed by atoms with E-state index in [4.69, 9.17) is 14.6 Å². The number of ether oxygens (including phenoxy) is 2. The van der Waals surface area contributed by atoms with E-state index in [0.717, 1.165) is 0 Å². The molecule has 2 rings (SSSR count). The van der Waals surface area contributed by atoms with Crippen LogP contribution in [0.15, 0.2) is 0 Å². The lowest BCUT2D eigenvalue weighted by molar-refractivity contribution is -0.189. The van der Waals surface area contributed by atoms with E-state index in [0.29, 0.717) is 38.9 Å². The number of nitrogens with two attached hydrogens (primary N) is 1. The summed E-state index contributed by atoms with van der Waals surface area (Å²) in [5, 5.41) is 5.48. The fraction of sp³-hybridized carbons (Fsp3) is 0.917. The van der Waals surface area contributed by atoms with Crippen LogP contribution in [0.1, 0.15) is 39.5 Å². The third kappa shape index (κ3) is 2.82. The number of hydrogen-bond acceptors (Lipinski definition) is 4. The van der Waals surface area contributed by atoms with Gasteiger partial charge in [0.2, 0.25) is 0 Å². The summed E-state index contributed by atoms with van der Waals surface area (Å²) in [4.78, 5) is 12.0. The van der Waals surface area contributed by atoms with Crippen molar-refractivity contribution < 1.29 is 18.5 Å². The molecule has 2 fully saturated rings. The Hall–Kier alpha value is -0.300. The Morgan fingerprint density at radius 1 is 1.44 bits per heavy atom. The van der Waals surface area contributed by atoms with Crippen molar-refractivity contribution >= 4 is 16.8 Å². The number of carbonyl (C=O) groups is 1. The molecule has 1 saturated heterocycles. The van der Waals surface area contributed by atoms with Crippen molar-refractivity contribution in [1.29, 1.82) is 0 Å². The summed E-state index contributed by atoms with van der Waals surface area (Å²) in [6, 6.07) is 0. The lowest BCUT2D eigenvalue weighted by atomic mass is 9.79. The molecular weight excluding hydrogens is 254 g/mol. The van der Waals surface area contributed by atoms with Gasteiger partial charge in [-0.3, -0.25) is 9.93 Å². The molecule has 0 bridgehead atoms. The molecule has 18 heavy (non-hydrogen) atoms. The molecule has 2 N–H and O–H groups in total. The number of rotatable bonds is 3. The van der Waals surface area contributed by atoms with Gasteiger partial charge in [0, 0.05) is 25.2 Å². The number of ketones is 1. The van der Waals surface area contributed by atoms with Crippen molar-refractivity contribution in [2.24, 2.45) is 11.1 Å². The van der Waals surface area contributed by atoms with E-state index in [1.54, 1.807) is 0 Å². The lowest BCUT2D eigenvalue weighted by Gasteiger charge is -2.37. The molecule has 1 saturated carbocycles. The van der Waals surface area contributed by atoms with Gasteiger partial charge in [0.05, 0.1) is 28.9 Å². The molecule has 0 aromatic rings. The Morgan fingerprint density at radius 3 is 2.61 bits per heavy atom. The molecular formula is C12H21NO4S. The zero-order valence-electron chi connectivity index (χ0n) is 10.9. The molecule has 0 radical (unpaired) electrons. The van der Waals surface area contributed by atoms with Gasteiger partial charge in [-0.15, -0.1) is 0 Å². The fourth-order valence-electron chi connectivity index (χ4n) is 2.73. The summed E-state index contributed by atoms with van der Waals surface area (Å²) in [5.74, 6) is -0.539. The first-order valence-electron chi connectivity index (χ1n) is 6.32. The third-order valence-corrected chi connectivity index (χ3v) is 5.12. The van der Waals surface area contributed by atoms with E-state index in [1.807, 2.05) is 13.8 Å². The standard InChI is InChI=1S/C12H21NO4S/c1-11(2,18(13)15)7-9-8-12(4-3-10(9)14)16-5-6-17-12/h9H,3-8,13H2,1-2H3. The minimum atomic E-state index is -1.44. The van der Waals surface area contributed by atoms with Gasteiger partial charge in [-0.2, -0.15) is 0 Å². The van der Waals surface area contributed by atoms with Gasteiger partial charge in [0.1, 0.15) is 5.78 Å². The highest BCUT2D eigenvalue weighted by Gasteiger charge is 2.46. The average molecular weight is 275 g/mol. The van der Waals surface area contributed by atoms with Crippen LogP contribution in [0.5, 0.6) is 0 Å². The van der Waals surface area contributed by atoms with Gasteiger partial charge >= 0.3 is 0 Å². The van der Waals surface area contributed by atoms with Crippen molar-refractivity contribution in [3.8, 4) is 0 Å². The molecule has 0 aromatic carbocycles. The highest BCUT2D eigenvalue weighted by atomic mass is 32.2. The second kappa shape index (κ2) is 5.00. The molecule has 1 aliphatic carbocycles. The minimum absolute atomic E-state index is 0.167. The predicted molar refractivity (Wildman–Crippen MR) is 68.0 cm³/mol. The predicted octanol–water partition coefficient (Wildman–Crippen LogP) is 0.890. The first kappa shape index (κ1) is 14.1. The first-order chi connectivity index (χ1) is 8.35. The van der Waals surface area contributed by atoms with Gasteiger partial charge in [-0.25, -0.2) is 4.21 Å². The Bertz CT molecular complexity index is 363. The minimum Gasteiger partial charge on any atom is -0.347 e. The molecule has 1 heterocycles. The van der Waals surface area contributed by atoms with Crippen LogP contribution in [-0.2, 0) is 25.3 Å². The van der Waals surface area contributed by atoms with Crippen LogP contribution in [0.3, 0.4) is 0 Å². The molecule has 5 nitrogen and oxygen atoms in total. The van der Waals surface area contributed by atoms with Crippen LogP contribution in [0.2, 0.25) is 0 Å². The Kier molecular flexibility index (Phi) is 3.92. The van der Waals surface area contributed by atoms with Crippen LogP contribution in [0.25, 0.3) is 0 Å². The molecule has 2 atom stereocenters. The van der Waals surface area contributed by atoms with Crippen LogP contribution >= 0.6 is 0 Å². The molecule has 2 unspecified atom stereocenters. The van der Waals surface area contributed by atoms with Crippen LogP contribution in [0.4, 0.5) is 0 Å². The van der Waals surface area contributed by atoms with E-state index < -0.39 is 21.5 Å². The highest BCUT2D eigenvalue weighted by molar-refractivity contribution is 7.84. The number of carbonyl (C=O) groups excluding carboxylic acids is 1. The molecule has 6 heteroatoms. The second-order valence-electron chi connectivity index (χ2n) is 5.74. The average Bonchev–Trinajstić information content (AvgIpc) is 2.72. The molecule has 0 amide bonds. The van der Waals surface area contributed by atoms with E-state index >= 15 is 0 Å². The topological polar surface area (TPSA) is 78.6 Å². The van der Waals surface area contributed by atoms with Crippen molar-refractivity contribution in [3.05, 3.63) is 0 Å². The smallest absolute Gasteiger partial charge is 0.169 e. The van der Waals surface area contributed by atoms with E-state index in [1.165, 1.54) is 0 Å². The third-order valence-electron chi connectivity index (χ3n) is 3.86. The van der Waals surface area contributed by atoms with Crippen LogP contribution in [-0.4, -0.2) is 33.7 Å². The maximum absolute atomic E-state index is 12.0. The van der Waals surface area contributed by atoms with E-state index in [2.05, 4.69) is 0 Å². The first-order valence-corrected chi connectivity index (χ1v) is 7.53. The molecule has 1 spiro atoms. The SMILES string of the molecule is CC(C)(CC1CC2(CCC1=O)OCCO2)S(N)=O. The number of Topliss-reactive ketones (excluding diaryl/α,β-unsaturated/α-hetero) is 1. The zero-order chi connectivity index (χ0) is 13.4. The maximum atomic E-state index is 12.0. The van der Waals surface area contributed by atoms with Crippen LogP contribution in [0, 0.1) is 5.92 Å². The van der Waals surface area contributed by atoms with Gasteiger partial charge in [-0.05, 0) is 20.3 Å². The van der Waals surface area contributed by atoms with E-state index in [9.17, 15) is 9.00 Å².